The molecule has 0 spiro atoms. The van der Waals surface area contributed by atoms with Gasteiger partial charge in [0.2, 0.25) is 5.95 Å². The summed E-state index contributed by atoms with van der Waals surface area (Å²) in [5.41, 5.74) is 9.92. The van der Waals surface area contributed by atoms with Crippen LogP contribution in [0.4, 0.5) is 17.3 Å². The number of rotatable bonds is 3. The lowest BCUT2D eigenvalue weighted by atomic mass is 9.92. The molecule has 0 atom stereocenters. The summed E-state index contributed by atoms with van der Waals surface area (Å²) in [4.78, 5) is 8.39. The second-order valence-electron chi connectivity index (χ2n) is 5.09. The van der Waals surface area contributed by atoms with Gasteiger partial charge >= 0.3 is 0 Å². The number of hydrogen-bond acceptors (Lipinski definition) is 4. The molecule has 4 nitrogen and oxygen atoms in total. The lowest BCUT2D eigenvalue weighted by molar-refractivity contribution is 0.742. The van der Waals surface area contributed by atoms with Crippen molar-refractivity contribution < 1.29 is 0 Å². The summed E-state index contributed by atoms with van der Waals surface area (Å²) < 4.78 is 0. The normalized spacial score (nSPS) is 14.6. The molecule has 0 amide bonds. The van der Waals surface area contributed by atoms with Crippen LogP contribution in [-0.2, 0) is 0 Å². The predicted molar refractivity (Wildman–Crippen MR) is 87.6 cm³/mol. The molecule has 2 aromatic rings. The Balaban J connectivity index is 2.03. The summed E-state index contributed by atoms with van der Waals surface area (Å²) in [6.45, 7) is 0. The van der Waals surface area contributed by atoms with Gasteiger partial charge in [-0.05, 0) is 49.5 Å². The van der Waals surface area contributed by atoms with E-state index >= 15 is 0 Å². The molecule has 1 aliphatic carbocycles. The first-order valence-corrected chi connectivity index (χ1v) is 7.44. The molecule has 1 aromatic heterocycles. The Morgan fingerprint density at radius 3 is 2.67 bits per heavy atom. The summed E-state index contributed by atoms with van der Waals surface area (Å²) in [5.74, 6) is 0.532. The molecule has 108 valence electrons. The quantitative estimate of drug-likeness (QED) is 0.824. The van der Waals surface area contributed by atoms with E-state index in [0.29, 0.717) is 16.7 Å². The smallest absolute Gasteiger partial charge is 0.227 e. The van der Waals surface area contributed by atoms with Crippen LogP contribution in [0.15, 0.2) is 36.7 Å². The largest absolute Gasteiger partial charge is 0.397 e. The van der Waals surface area contributed by atoms with Crippen molar-refractivity contribution in [1.29, 1.82) is 0 Å². The van der Waals surface area contributed by atoms with Gasteiger partial charge in [0.05, 0.1) is 11.4 Å². The van der Waals surface area contributed by atoms with E-state index in [1.807, 2.05) is 6.07 Å². The number of nitrogen functional groups attached to an aromatic ring is 1. The number of anilines is 3. The molecule has 21 heavy (non-hydrogen) atoms. The summed E-state index contributed by atoms with van der Waals surface area (Å²) in [6.07, 6.45) is 10.2. The zero-order chi connectivity index (χ0) is 14.7. The molecular weight excluding hydrogens is 284 g/mol. The number of allylic oxidation sites excluding steroid dienone is 2. The molecule has 1 aliphatic rings. The van der Waals surface area contributed by atoms with Gasteiger partial charge in [-0.3, -0.25) is 0 Å². The van der Waals surface area contributed by atoms with Crippen LogP contribution in [0, 0.1) is 0 Å². The average molecular weight is 301 g/mol. The van der Waals surface area contributed by atoms with Crippen molar-refractivity contribution in [2.75, 3.05) is 11.1 Å². The lowest BCUT2D eigenvalue weighted by Crippen LogP contribution is -2.04. The van der Waals surface area contributed by atoms with Crippen molar-refractivity contribution in [3.63, 3.8) is 0 Å². The number of hydrogen-bond donors (Lipinski definition) is 2. The summed E-state index contributed by atoms with van der Waals surface area (Å²) in [6, 6.07) is 5.49. The van der Waals surface area contributed by atoms with E-state index in [0.717, 1.165) is 24.1 Å². The fourth-order valence-corrected chi connectivity index (χ4v) is 2.81. The Kier molecular flexibility index (Phi) is 4.06. The van der Waals surface area contributed by atoms with Crippen molar-refractivity contribution in [3.05, 3.63) is 47.3 Å². The van der Waals surface area contributed by atoms with Gasteiger partial charge in [-0.15, -0.1) is 0 Å². The number of halogens is 1. The minimum Gasteiger partial charge on any atom is -0.397 e. The maximum Gasteiger partial charge on any atom is 0.227 e. The maximum absolute atomic E-state index is 6.18. The average Bonchev–Trinajstić information content (AvgIpc) is 2.51. The second-order valence-corrected chi connectivity index (χ2v) is 5.53. The molecule has 0 unspecified atom stereocenters. The first-order chi connectivity index (χ1) is 10.2. The van der Waals surface area contributed by atoms with Gasteiger partial charge in [0.1, 0.15) is 0 Å². The van der Waals surface area contributed by atoms with E-state index in [1.165, 1.54) is 18.4 Å². The topological polar surface area (TPSA) is 63.8 Å². The SMILES string of the molecule is Nc1cc(Cl)cc(C2=CCCCC2)c1Nc1ncccn1. The molecule has 1 aromatic carbocycles. The van der Waals surface area contributed by atoms with Crippen molar-refractivity contribution in [1.82, 2.24) is 9.97 Å². The van der Waals surface area contributed by atoms with E-state index in [1.54, 1.807) is 24.5 Å². The third-order valence-corrected chi connectivity index (χ3v) is 3.79. The fraction of sp³-hybridized carbons (Fsp3) is 0.250. The lowest BCUT2D eigenvalue weighted by Gasteiger charge is -2.19. The highest BCUT2D eigenvalue weighted by atomic mass is 35.5. The number of nitrogens with zero attached hydrogens (tertiary/aromatic N) is 2. The van der Waals surface area contributed by atoms with Crippen LogP contribution >= 0.6 is 11.6 Å². The van der Waals surface area contributed by atoms with E-state index in [9.17, 15) is 0 Å². The summed E-state index contributed by atoms with van der Waals surface area (Å²) in [5, 5.41) is 3.87. The molecule has 5 heteroatoms. The minimum atomic E-state index is 0.532. The van der Waals surface area contributed by atoms with Gasteiger partial charge in [-0.2, -0.15) is 0 Å². The number of aromatic nitrogens is 2. The molecule has 0 bridgehead atoms. The van der Waals surface area contributed by atoms with Gasteiger partial charge in [0, 0.05) is 23.0 Å². The van der Waals surface area contributed by atoms with E-state index < -0.39 is 0 Å². The zero-order valence-electron chi connectivity index (χ0n) is 11.6. The molecule has 3 N–H and O–H groups in total. The van der Waals surface area contributed by atoms with Crippen LogP contribution in [0.1, 0.15) is 31.2 Å². The zero-order valence-corrected chi connectivity index (χ0v) is 12.4. The Bertz CT molecular complexity index is 667. The molecule has 0 aliphatic heterocycles. The minimum absolute atomic E-state index is 0.532. The Morgan fingerprint density at radius 2 is 1.95 bits per heavy atom. The van der Waals surface area contributed by atoms with E-state index in [-0.39, 0.29) is 0 Å². The first kappa shape index (κ1) is 13.9. The van der Waals surface area contributed by atoms with Crippen LogP contribution in [0.25, 0.3) is 5.57 Å². The molecule has 0 fully saturated rings. The number of nitrogens with one attached hydrogen (secondary N) is 1. The highest BCUT2D eigenvalue weighted by Gasteiger charge is 2.15. The predicted octanol–water partition coefficient (Wildman–Crippen LogP) is 4.41. The second kappa shape index (κ2) is 6.14. The van der Waals surface area contributed by atoms with Crippen molar-refractivity contribution in [2.45, 2.75) is 25.7 Å². The summed E-state index contributed by atoms with van der Waals surface area (Å²) >= 11 is 6.18. The molecule has 0 saturated heterocycles. The molecule has 1 heterocycles. The van der Waals surface area contributed by atoms with Gasteiger partial charge < -0.3 is 11.1 Å². The Hall–Kier alpha value is -2.07. The van der Waals surface area contributed by atoms with Gasteiger partial charge in [0.25, 0.3) is 0 Å². The van der Waals surface area contributed by atoms with Crippen molar-refractivity contribution in [2.24, 2.45) is 0 Å². The number of benzene rings is 1. The Morgan fingerprint density at radius 1 is 1.14 bits per heavy atom. The van der Waals surface area contributed by atoms with Crippen LogP contribution in [0.3, 0.4) is 0 Å². The highest BCUT2D eigenvalue weighted by Crippen LogP contribution is 2.38. The summed E-state index contributed by atoms with van der Waals surface area (Å²) in [7, 11) is 0. The van der Waals surface area contributed by atoms with Gasteiger partial charge in [-0.1, -0.05) is 17.7 Å². The van der Waals surface area contributed by atoms with Gasteiger partial charge in [-0.25, -0.2) is 9.97 Å². The monoisotopic (exact) mass is 300 g/mol. The standard InChI is InChI=1S/C16H17ClN4/c17-12-9-13(11-5-2-1-3-6-11)15(14(18)10-12)21-16-19-7-4-8-20-16/h4-5,7-10H,1-3,6,18H2,(H,19,20,21). The highest BCUT2D eigenvalue weighted by molar-refractivity contribution is 6.31. The molecule has 0 radical (unpaired) electrons. The molecular formula is C16H17ClN4. The van der Waals surface area contributed by atoms with E-state index in [4.69, 9.17) is 17.3 Å². The van der Waals surface area contributed by atoms with Crippen LogP contribution in [0.2, 0.25) is 5.02 Å². The maximum atomic E-state index is 6.18. The van der Waals surface area contributed by atoms with Crippen LogP contribution < -0.4 is 11.1 Å². The third-order valence-electron chi connectivity index (χ3n) is 3.57. The third kappa shape index (κ3) is 3.16. The van der Waals surface area contributed by atoms with Crippen molar-refractivity contribution in [3.8, 4) is 0 Å². The molecule has 0 saturated carbocycles. The van der Waals surface area contributed by atoms with E-state index in [2.05, 4.69) is 21.4 Å². The first-order valence-electron chi connectivity index (χ1n) is 7.06. The Labute approximate surface area is 129 Å². The van der Waals surface area contributed by atoms with Crippen LogP contribution in [0.5, 0.6) is 0 Å². The van der Waals surface area contributed by atoms with Crippen LogP contribution in [-0.4, -0.2) is 9.97 Å². The van der Waals surface area contributed by atoms with Gasteiger partial charge in [0.15, 0.2) is 0 Å². The molecule has 3 rings (SSSR count). The van der Waals surface area contributed by atoms with Crippen molar-refractivity contribution >= 4 is 34.5 Å². The fourth-order valence-electron chi connectivity index (χ4n) is 2.58. The number of nitrogens with two attached hydrogens (primary N) is 1.